The van der Waals surface area contributed by atoms with E-state index >= 15 is 0 Å². The summed E-state index contributed by atoms with van der Waals surface area (Å²) in [6.45, 7) is 0.658. The van der Waals surface area contributed by atoms with E-state index in [4.69, 9.17) is 5.14 Å². The Labute approximate surface area is 109 Å². The van der Waals surface area contributed by atoms with Crippen molar-refractivity contribution in [3.8, 4) is 0 Å². The number of primary sulfonamides is 1. The van der Waals surface area contributed by atoms with Crippen molar-refractivity contribution in [2.24, 2.45) is 5.14 Å². The Morgan fingerprint density at radius 1 is 1.47 bits per heavy atom. The normalized spacial score (nSPS) is 19.7. The van der Waals surface area contributed by atoms with Gasteiger partial charge in [0.15, 0.2) is 4.90 Å². The molecule has 0 aromatic heterocycles. The minimum atomic E-state index is -4.17. The second-order valence-corrected chi connectivity index (χ2v) is 5.84. The fourth-order valence-corrected chi connectivity index (χ4v) is 2.86. The molecule has 0 saturated carbocycles. The van der Waals surface area contributed by atoms with Gasteiger partial charge >= 0.3 is 5.69 Å². The van der Waals surface area contributed by atoms with Crippen LogP contribution in [0.15, 0.2) is 23.1 Å². The van der Waals surface area contributed by atoms with Crippen LogP contribution in [0.2, 0.25) is 0 Å². The largest absolute Gasteiger partial charge is 0.391 e. The summed E-state index contributed by atoms with van der Waals surface area (Å²) in [6.07, 6.45) is -0.0886. The third kappa shape index (κ3) is 2.67. The summed E-state index contributed by atoms with van der Waals surface area (Å²) in [4.78, 5) is 11.4. The molecule has 19 heavy (non-hydrogen) atoms. The maximum atomic E-state index is 11.4. The van der Waals surface area contributed by atoms with E-state index < -0.39 is 31.6 Å². The highest BCUT2D eigenvalue weighted by Crippen LogP contribution is 2.35. The number of hydrogen-bond donors (Lipinski definition) is 2. The first kappa shape index (κ1) is 13.7. The summed E-state index contributed by atoms with van der Waals surface area (Å²) in [5, 5.41) is 25.6. The molecule has 0 spiro atoms. The van der Waals surface area contributed by atoms with E-state index in [1.165, 1.54) is 12.1 Å². The second kappa shape index (κ2) is 4.76. The van der Waals surface area contributed by atoms with E-state index in [1.807, 2.05) is 0 Å². The zero-order valence-electron chi connectivity index (χ0n) is 9.89. The third-order valence-electron chi connectivity index (χ3n) is 2.97. The summed E-state index contributed by atoms with van der Waals surface area (Å²) in [5.74, 6) is 0. The molecule has 9 heteroatoms. The first-order valence-corrected chi connectivity index (χ1v) is 7.08. The van der Waals surface area contributed by atoms with E-state index in [1.54, 1.807) is 4.90 Å². The lowest BCUT2D eigenvalue weighted by molar-refractivity contribution is -0.387. The average molecular weight is 287 g/mol. The number of nitrogens with two attached hydrogens (primary N) is 1. The maximum absolute atomic E-state index is 11.4. The van der Waals surface area contributed by atoms with Crippen molar-refractivity contribution in [1.82, 2.24) is 0 Å². The summed E-state index contributed by atoms with van der Waals surface area (Å²) in [5.41, 5.74) is -0.382. The number of anilines is 1. The maximum Gasteiger partial charge on any atom is 0.312 e. The topological polar surface area (TPSA) is 127 Å². The molecule has 1 heterocycles. The number of nitro benzene ring substituents is 1. The lowest BCUT2D eigenvalue weighted by Gasteiger charge is -2.18. The Bertz CT molecular complexity index is 616. The minimum Gasteiger partial charge on any atom is -0.391 e. The molecular weight excluding hydrogens is 274 g/mol. The molecule has 2 rings (SSSR count). The van der Waals surface area contributed by atoms with Crippen LogP contribution in [0.4, 0.5) is 11.4 Å². The highest BCUT2D eigenvalue weighted by Gasteiger charge is 2.31. The first-order chi connectivity index (χ1) is 8.80. The molecular formula is C10H13N3O5S. The van der Waals surface area contributed by atoms with Gasteiger partial charge in [-0.15, -0.1) is 0 Å². The van der Waals surface area contributed by atoms with Gasteiger partial charge in [0.2, 0.25) is 10.0 Å². The summed E-state index contributed by atoms with van der Waals surface area (Å²) < 4.78 is 22.8. The van der Waals surface area contributed by atoms with Crippen molar-refractivity contribution in [2.75, 3.05) is 18.0 Å². The standard InChI is InChI=1S/C10H13N3O5S/c11-19(17,18)9-3-1-2-8(10(9)13(15)16)12-5-4-7(14)6-12/h1-3,7,14H,4-6H2,(H2,11,17,18)/t7-/m0/s1. The van der Waals surface area contributed by atoms with E-state index in [-0.39, 0.29) is 12.2 Å². The number of hydrogen-bond acceptors (Lipinski definition) is 6. The molecule has 104 valence electrons. The molecule has 0 amide bonds. The Balaban J connectivity index is 2.59. The number of benzene rings is 1. The summed E-state index contributed by atoms with van der Waals surface area (Å²) in [6, 6.07) is 3.95. The molecule has 1 aromatic rings. The van der Waals surface area contributed by atoms with Crippen molar-refractivity contribution in [2.45, 2.75) is 17.4 Å². The molecule has 0 aliphatic carbocycles. The van der Waals surface area contributed by atoms with Crippen LogP contribution in [-0.4, -0.2) is 37.6 Å². The van der Waals surface area contributed by atoms with E-state index in [9.17, 15) is 23.6 Å². The molecule has 8 nitrogen and oxygen atoms in total. The number of nitrogens with zero attached hydrogens (tertiary/aromatic N) is 2. The minimum absolute atomic E-state index is 0.160. The second-order valence-electron chi connectivity index (χ2n) is 4.31. The van der Waals surface area contributed by atoms with Crippen molar-refractivity contribution >= 4 is 21.4 Å². The quantitative estimate of drug-likeness (QED) is 0.586. The van der Waals surface area contributed by atoms with Crippen LogP contribution in [0.5, 0.6) is 0 Å². The van der Waals surface area contributed by atoms with Crippen LogP contribution in [0, 0.1) is 10.1 Å². The molecule has 1 aromatic carbocycles. The van der Waals surface area contributed by atoms with E-state index in [0.717, 1.165) is 6.07 Å². The van der Waals surface area contributed by atoms with Crippen LogP contribution in [0.25, 0.3) is 0 Å². The molecule has 1 saturated heterocycles. The molecule has 0 radical (unpaired) electrons. The van der Waals surface area contributed by atoms with Gasteiger partial charge < -0.3 is 10.0 Å². The fourth-order valence-electron chi connectivity index (χ4n) is 2.14. The zero-order valence-corrected chi connectivity index (χ0v) is 10.7. The number of β-amino-alcohol motifs (C(OH)–C–C–N with tert-alkyl or cyclic N) is 1. The average Bonchev–Trinajstić information content (AvgIpc) is 2.73. The highest BCUT2D eigenvalue weighted by atomic mass is 32.2. The van der Waals surface area contributed by atoms with Crippen LogP contribution in [0.1, 0.15) is 6.42 Å². The first-order valence-electron chi connectivity index (χ1n) is 5.54. The molecule has 1 atom stereocenters. The Kier molecular flexibility index (Phi) is 3.43. The number of aliphatic hydroxyl groups is 1. The lowest BCUT2D eigenvalue weighted by atomic mass is 10.2. The molecule has 1 aliphatic heterocycles. The third-order valence-corrected chi connectivity index (χ3v) is 3.91. The fraction of sp³-hybridized carbons (Fsp3) is 0.400. The predicted octanol–water partition coefficient (Wildman–Crippen LogP) is -0.187. The van der Waals surface area contributed by atoms with Gasteiger partial charge in [-0.05, 0) is 18.6 Å². The Morgan fingerprint density at radius 3 is 2.63 bits per heavy atom. The van der Waals surface area contributed by atoms with Crippen LogP contribution >= 0.6 is 0 Å². The number of aliphatic hydroxyl groups excluding tert-OH is 1. The molecule has 1 aliphatic rings. The molecule has 1 fully saturated rings. The zero-order chi connectivity index (χ0) is 14.2. The SMILES string of the molecule is NS(=O)(=O)c1cccc(N2CC[C@H](O)C2)c1[N+](=O)[O-]. The predicted molar refractivity (Wildman–Crippen MR) is 67.3 cm³/mol. The van der Waals surface area contributed by atoms with Crippen LogP contribution < -0.4 is 10.0 Å². The summed E-state index contributed by atoms with van der Waals surface area (Å²) >= 11 is 0. The van der Waals surface area contributed by atoms with Crippen molar-refractivity contribution in [3.63, 3.8) is 0 Å². The number of nitro groups is 1. The number of rotatable bonds is 3. The van der Waals surface area contributed by atoms with Gasteiger partial charge in [0.05, 0.1) is 11.0 Å². The van der Waals surface area contributed by atoms with Gasteiger partial charge in [0.25, 0.3) is 0 Å². The van der Waals surface area contributed by atoms with Gasteiger partial charge in [0.1, 0.15) is 5.69 Å². The monoisotopic (exact) mass is 287 g/mol. The molecule has 3 N–H and O–H groups in total. The van der Waals surface area contributed by atoms with Gasteiger partial charge in [-0.1, -0.05) is 6.07 Å². The van der Waals surface area contributed by atoms with Crippen LogP contribution in [-0.2, 0) is 10.0 Å². The van der Waals surface area contributed by atoms with Gasteiger partial charge in [0, 0.05) is 13.1 Å². The lowest BCUT2D eigenvalue weighted by Crippen LogP contribution is -2.23. The highest BCUT2D eigenvalue weighted by molar-refractivity contribution is 7.89. The van der Waals surface area contributed by atoms with Gasteiger partial charge in [-0.25, -0.2) is 13.6 Å². The van der Waals surface area contributed by atoms with Crippen molar-refractivity contribution in [1.29, 1.82) is 0 Å². The number of sulfonamides is 1. The van der Waals surface area contributed by atoms with Gasteiger partial charge in [-0.2, -0.15) is 0 Å². The molecule has 0 bridgehead atoms. The Hall–Kier alpha value is -1.71. The van der Waals surface area contributed by atoms with E-state index in [2.05, 4.69) is 0 Å². The van der Waals surface area contributed by atoms with E-state index in [0.29, 0.717) is 13.0 Å². The smallest absolute Gasteiger partial charge is 0.312 e. The van der Waals surface area contributed by atoms with Gasteiger partial charge in [-0.3, -0.25) is 10.1 Å². The van der Waals surface area contributed by atoms with Crippen LogP contribution in [0.3, 0.4) is 0 Å². The number of para-hydroxylation sites is 1. The summed E-state index contributed by atoms with van der Waals surface area (Å²) in [7, 11) is -4.17. The Morgan fingerprint density at radius 2 is 2.16 bits per heavy atom. The van der Waals surface area contributed by atoms with Crippen molar-refractivity contribution in [3.05, 3.63) is 28.3 Å². The van der Waals surface area contributed by atoms with Crippen molar-refractivity contribution < 1.29 is 18.4 Å². The molecule has 0 unspecified atom stereocenters.